The average molecular weight is 691 g/mol. The van der Waals surface area contributed by atoms with Crippen molar-refractivity contribution in [2.45, 2.75) is 83.3 Å². The fourth-order valence-electron chi connectivity index (χ4n) is 4.60. The predicted molar refractivity (Wildman–Crippen MR) is 185 cm³/mol. The van der Waals surface area contributed by atoms with E-state index in [1.165, 1.54) is 0 Å². The Morgan fingerprint density at radius 1 is 0.894 bits per heavy atom. The SMILES string of the molecule is Cc1cc(OC(=O)OCC(C)C)cc(C)c1C[C@H](N)C(=O)N[C@H](CS)C(=O)N[C@@H](Cc1ccccc1)C(=O)N[C@@H](C(=O)O)C(C)(C)S. The van der Waals surface area contributed by atoms with Gasteiger partial charge in [-0.15, -0.1) is 0 Å². The van der Waals surface area contributed by atoms with Gasteiger partial charge in [-0.2, -0.15) is 25.3 Å². The average Bonchev–Trinajstić information content (AvgIpc) is 2.98. The number of aryl methyl sites for hydroxylation is 2. The number of carbonyl (C=O) groups is 5. The monoisotopic (exact) mass is 690 g/mol. The normalized spacial score (nSPS) is 13.9. The van der Waals surface area contributed by atoms with Crippen LogP contribution in [-0.4, -0.2) is 76.2 Å². The number of rotatable bonds is 16. The van der Waals surface area contributed by atoms with Crippen LogP contribution in [0.25, 0.3) is 0 Å². The highest BCUT2D eigenvalue weighted by molar-refractivity contribution is 7.81. The number of aliphatic carboxylic acids is 1. The number of benzene rings is 2. The Bertz CT molecular complexity index is 1390. The quantitative estimate of drug-likeness (QED) is 0.0790. The van der Waals surface area contributed by atoms with Gasteiger partial charge in [-0.25, -0.2) is 9.59 Å². The molecule has 0 aliphatic rings. The Labute approximate surface area is 286 Å². The summed E-state index contributed by atoms with van der Waals surface area (Å²) in [5.41, 5.74) is 9.21. The second kappa shape index (κ2) is 18.0. The molecule has 4 atom stereocenters. The second-order valence-electron chi connectivity index (χ2n) is 12.3. The van der Waals surface area contributed by atoms with Crippen molar-refractivity contribution in [1.82, 2.24) is 16.0 Å². The van der Waals surface area contributed by atoms with Crippen LogP contribution in [0.3, 0.4) is 0 Å². The molecule has 47 heavy (non-hydrogen) atoms. The maximum atomic E-state index is 13.4. The van der Waals surface area contributed by atoms with Crippen molar-refractivity contribution in [2.75, 3.05) is 12.4 Å². The Morgan fingerprint density at radius 2 is 1.45 bits per heavy atom. The van der Waals surface area contributed by atoms with Gasteiger partial charge in [-0.1, -0.05) is 44.2 Å². The first-order valence-corrected chi connectivity index (χ1v) is 16.2. The minimum Gasteiger partial charge on any atom is -0.480 e. The number of hydrogen-bond acceptors (Lipinski definition) is 10. The van der Waals surface area contributed by atoms with E-state index in [0.29, 0.717) is 11.3 Å². The van der Waals surface area contributed by atoms with Crippen LogP contribution in [0, 0.1) is 19.8 Å². The van der Waals surface area contributed by atoms with E-state index in [2.05, 4.69) is 41.2 Å². The highest BCUT2D eigenvalue weighted by Gasteiger charge is 2.36. The summed E-state index contributed by atoms with van der Waals surface area (Å²) in [7, 11) is 0. The van der Waals surface area contributed by atoms with Crippen molar-refractivity contribution < 1.29 is 38.6 Å². The Morgan fingerprint density at radius 3 is 1.96 bits per heavy atom. The van der Waals surface area contributed by atoms with Crippen LogP contribution in [0.2, 0.25) is 0 Å². The van der Waals surface area contributed by atoms with Crippen LogP contribution in [-0.2, 0) is 36.8 Å². The minimum absolute atomic E-state index is 0.0538. The lowest BCUT2D eigenvalue weighted by molar-refractivity contribution is -0.143. The van der Waals surface area contributed by atoms with Gasteiger partial charge in [0.2, 0.25) is 17.7 Å². The molecule has 0 saturated heterocycles. The molecule has 0 aliphatic carbocycles. The molecule has 0 saturated carbocycles. The van der Waals surface area contributed by atoms with Crippen molar-refractivity contribution in [3.63, 3.8) is 0 Å². The fraction of sp³-hybridized carbons (Fsp3) is 0.485. The van der Waals surface area contributed by atoms with Crippen molar-refractivity contribution in [1.29, 1.82) is 0 Å². The van der Waals surface area contributed by atoms with Gasteiger partial charge in [0.1, 0.15) is 23.9 Å². The van der Waals surface area contributed by atoms with Crippen LogP contribution in [0.4, 0.5) is 4.79 Å². The number of carboxylic acids is 1. The molecule has 258 valence electrons. The van der Waals surface area contributed by atoms with E-state index < -0.39 is 58.8 Å². The van der Waals surface area contributed by atoms with E-state index in [-0.39, 0.29) is 31.1 Å². The van der Waals surface area contributed by atoms with Crippen molar-refractivity contribution in [3.8, 4) is 5.75 Å². The van der Waals surface area contributed by atoms with Crippen LogP contribution >= 0.6 is 25.3 Å². The van der Waals surface area contributed by atoms with Gasteiger partial charge >= 0.3 is 12.1 Å². The molecule has 2 rings (SSSR count). The zero-order valence-corrected chi connectivity index (χ0v) is 29.3. The number of thiol groups is 2. The zero-order chi connectivity index (χ0) is 35.5. The topological polar surface area (TPSA) is 186 Å². The molecule has 0 aromatic heterocycles. The summed E-state index contributed by atoms with van der Waals surface area (Å²) >= 11 is 8.54. The Balaban J connectivity index is 2.14. The standard InChI is InChI=1S/C33H46N4O8S2/c1-18(2)16-44-32(43)45-22-12-19(3)23(20(4)13-22)15-24(34)28(38)36-26(17-46)30(40)35-25(14-21-10-8-7-9-11-21)29(39)37-27(31(41)42)33(5,6)47/h7-13,18,24-27,46-47H,14-17,34H2,1-6H3,(H,35,40)(H,36,38)(H,37,39)(H,41,42)/t24-,25-,26+,27-/m0/s1. The van der Waals surface area contributed by atoms with E-state index in [9.17, 15) is 29.1 Å². The molecule has 0 spiro atoms. The van der Waals surface area contributed by atoms with E-state index in [0.717, 1.165) is 16.7 Å². The summed E-state index contributed by atoms with van der Waals surface area (Å²) in [5.74, 6) is -2.99. The molecule has 0 radical (unpaired) electrons. The summed E-state index contributed by atoms with van der Waals surface area (Å²) < 4.78 is 9.23. The van der Waals surface area contributed by atoms with Gasteiger partial charge in [0.05, 0.1) is 12.6 Å². The molecular weight excluding hydrogens is 645 g/mol. The second-order valence-corrected chi connectivity index (χ2v) is 13.8. The largest absolute Gasteiger partial charge is 0.513 e. The lowest BCUT2D eigenvalue weighted by Crippen LogP contribution is -2.60. The molecule has 2 aromatic carbocycles. The maximum Gasteiger partial charge on any atom is 0.513 e. The van der Waals surface area contributed by atoms with E-state index in [1.807, 2.05) is 13.8 Å². The highest BCUT2D eigenvalue weighted by Crippen LogP contribution is 2.24. The zero-order valence-electron chi connectivity index (χ0n) is 27.5. The lowest BCUT2D eigenvalue weighted by atomic mass is 9.96. The Kier molecular flexibility index (Phi) is 15.1. The third kappa shape index (κ3) is 12.8. The summed E-state index contributed by atoms with van der Waals surface area (Å²) in [6.07, 6.45) is -0.635. The number of amides is 3. The number of nitrogens with two attached hydrogens (primary N) is 1. The molecule has 0 bridgehead atoms. The molecule has 14 heteroatoms. The van der Waals surface area contributed by atoms with Gasteiger partial charge < -0.3 is 36.3 Å². The van der Waals surface area contributed by atoms with E-state index in [1.54, 1.807) is 70.2 Å². The van der Waals surface area contributed by atoms with Crippen LogP contribution in [0.5, 0.6) is 5.75 Å². The molecule has 0 unspecified atom stereocenters. The number of carbonyl (C=O) groups excluding carboxylic acids is 4. The molecule has 3 amide bonds. The molecule has 0 aliphatic heterocycles. The molecule has 6 N–H and O–H groups in total. The Hall–Kier alpha value is -3.75. The lowest BCUT2D eigenvalue weighted by Gasteiger charge is -2.29. The van der Waals surface area contributed by atoms with Crippen LogP contribution < -0.4 is 26.4 Å². The molecule has 2 aromatic rings. The van der Waals surface area contributed by atoms with Crippen molar-refractivity contribution in [2.24, 2.45) is 11.7 Å². The fourth-order valence-corrected chi connectivity index (χ4v) is 5.03. The third-order valence-electron chi connectivity index (χ3n) is 7.14. The van der Waals surface area contributed by atoms with Crippen molar-refractivity contribution in [3.05, 3.63) is 64.7 Å². The first-order valence-electron chi connectivity index (χ1n) is 15.1. The highest BCUT2D eigenvalue weighted by atomic mass is 32.1. The van der Waals surface area contributed by atoms with Gasteiger partial charge in [0.15, 0.2) is 0 Å². The van der Waals surface area contributed by atoms with Gasteiger partial charge in [-0.05, 0) is 74.4 Å². The third-order valence-corrected chi connectivity index (χ3v) is 7.76. The van der Waals surface area contributed by atoms with E-state index >= 15 is 0 Å². The summed E-state index contributed by atoms with van der Waals surface area (Å²) in [6.45, 7) is 10.7. The summed E-state index contributed by atoms with van der Waals surface area (Å²) in [5, 5.41) is 17.4. The summed E-state index contributed by atoms with van der Waals surface area (Å²) in [4.78, 5) is 63.6. The predicted octanol–water partition coefficient (Wildman–Crippen LogP) is 2.76. The number of nitrogens with one attached hydrogen (secondary N) is 3. The number of ether oxygens (including phenoxy) is 2. The van der Waals surface area contributed by atoms with Gasteiger partial charge in [0.25, 0.3) is 0 Å². The first-order chi connectivity index (χ1) is 21.9. The number of carboxylic acid groups (broad SMARTS) is 1. The smallest absolute Gasteiger partial charge is 0.480 e. The maximum absolute atomic E-state index is 13.4. The molecule has 12 nitrogen and oxygen atoms in total. The van der Waals surface area contributed by atoms with Gasteiger partial charge in [0, 0.05) is 16.9 Å². The van der Waals surface area contributed by atoms with Crippen molar-refractivity contribution >= 4 is 55.1 Å². The van der Waals surface area contributed by atoms with Crippen LogP contribution in [0.1, 0.15) is 49.9 Å². The van der Waals surface area contributed by atoms with Gasteiger partial charge in [-0.3, -0.25) is 14.4 Å². The molecular formula is C33H46N4O8S2. The number of hydrogen-bond donors (Lipinski definition) is 7. The molecule has 0 heterocycles. The first kappa shape index (κ1) is 39.4. The summed E-state index contributed by atoms with van der Waals surface area (Å²) in [6, 6.07) is 7.43. The van der Waals surface area contributed by atoms with Crippen LogP contribution in [0.15, 0.2) is 42.5 Å². The van der Waals surface area contributed by atoms with E-state index in [4.69, 9.17) is 15.2 Å². The minimum atomic E-state index is -1.35. The molecule has 0 fully saturated rings.